The van der Waals surface area contributed by atoms with Crippen LogP contribution in [-0.2, 0) is 34.8 Å². The van der Waals surface area contributed by atoms with Gasteiger partial charge >= 0.3 is 0 Å². The maximum atomic E-state index is 12.2. The molecule has 1 atom stereocenters. The van der Waals surface area contributed by atoms with Crippen LogP contribution in [0.1, 0.15) is 26.7 Å². The van der Waals surface area contributed by atoms with Crippen LogP contribution in [0.4, 0.5) is 0 Å². The number of nitrogens with one attached hydrogen (secondary N) is 2. The second-order valence-corrected chi connectivity index (χ2v) is 5.11. The summed E-state index contributed by atoms with van der Waals surface area (Å²) in [6, 6.07) is -0.677. The summed E-state index contributed by atoms with van der Waals surface area (Å²) >= 11 is 0. The number of allylic oxidation sites excluding steroid dienone is 3. The summed E-state index contributed by atoms with van der Waals surface area (Å²) in [5.41, 5.74) is 4.18. The Morgan fingerprint density at radius 2 is 2.05 bits per heavy atom. The number of imide groups is 1. The first-order chi connectivity index (χ1) is 9.95. The SMILES string of the molecule is CC1=C=C(C(=O)NC2CCC(=O)NC2=O)/C=C\[C-](C)/C=C\1.[Re]. The van der Waals surface area contributed by atoms with Crippen molar-refractivity contribution in [1.29, 1.82) is 0 Å². The molecule has 22 heavy (non-hydrogen) atoms. The number of carbonyl (C=O) groups is 3. The average molecular weight is 472 g/mol. The van der Waals surface area contributed by atoms with E-state index in [1.807, 2.05) is 32.1 Å². The molecule has 1 aliphatic carbocycles. The molecular weight excluding hydrogens is 454 g/mol. The minimum Gasteiger partial charge on any atom is -0.341 e. The third kappa shape index (κ3) is 4.85. The maximum absolute atomic E-state index is 12.2. The molecule has 0 spiro atoms. The zero-order valence-electron chi connectivity index (χ0n) is 12.4. The first kappa shape index (κ1) is 18.2. The van der Waals surface area contributed by atoms with Crippen LogP contribution in [0.5, 0.6) is 0 Å². The minimum atomic E-state index is -0.677. The molecule has 6 heteroatoms. The summed E-state index contributed by atoms with van der Waals surface area (Å²) in [6.07, 6.45) is 7.85. The van der Waals surface area contributed by atoms with Gasteiger partial charge in [-0.2, -0.15) is 18.1 Å². The molecule has 3 amide bonds. The molecule has 1 unspecified atom stereocenters. The van der Waals surface area contributed by atoms with Crippen molar-refractivity contribution in [3.8, 4) is 0 Å². The molecule has 1 radical (unpaired) electrons. The molecular formula is C16H17N2O3Re-. The van der Waals surface area contributed by atoms with Crippen LogP contribution < -0.4 is 10.6 Å². The monoisotopic (exact) mass is 472 g/mol. The van der Waals surface area contributed by atoms with Crippen molar-refractivity contribution < 1.29 is 34.8 Å². The second-order valence-electron chi connectivity index (χ2n) is 5.11. The van der Waals surface area contributed by atoms with Crippen molar-refractivity contribution in [3.63, 3.8) is 0 Å². The fraction of sp³-hybridized carbons (Fsp3) is 0.312. The first-order valence-corrected chi connectivity index (χ1v) is 6.77. The zero-order chi connectivity index (χ0) is 15.4. The van der Waals surface area contributed by atoms with Crippen molar-refractivity contribution in [2.24, 2.45) is 0 Å². The van der Waals surface area contributed by atoms with Crippen molar-refractivity contribution in [1.82, 2.24) is 10.6 Å². The molecule has 5 nitrogen and oxygen atoms in total. The van der Waals surface area contributed by atoms with Gasteiger partial charge in [0.05, 0.1) is 0 Å². The third-order valence-electron chi connectivity index (χ3n) is 3.23. The van der Waals surface area contributed by atoms with Crippen LogP contribution in [0.2, 0.25) is 0 Å². The van der Waals surface area contributed by atoms with Gasteiger partial charge in [0.2, 0.25) is 17.7 Å². The normalized spacial score (nSPS) is 23.9. The summed E-state index contributed by atoms with van der Waals surface area (Å²) in [4.78, 5) is 35.0. The fourth-order valence-corrected chi connectivity index (χ4v) is 2.02. The van der Waals surface area contributed by atoms with Crippen LogP contribution in [0.15, 0.2) is 41.2 Å². The number of carbonyl (C=O) groups excluding carboxylic acids is 3. The van der Waals surface area contributed by atoms with E-state index in [-0.39, 0.29) is 38.7 Å². The second kappa shape index (κ2) is 7.96. The molecule has 117 valence electrons. The smallest absolute Gasteiger partial charge is 0.249 e. The van der Waals surface area contributed by atoms with Crippen LogP contribution in [-0.4, -0.2) is 23.8 Å². The van der Waals surface area contributed by atoms with Gasteiger partial charge in [-0.15, -0.1) is 17.9 Å². The predicted molar refractivity (Wildman–Crippen MR) is 77.7 cm³/mol. The molecule has 0 aromatic carbocycles. The van der Waals surface area contributed by atoms with E-state index in [0.717, 1.165) is 11.5 Å². The Bertz CT molecular complexity index is 613. The Labute approximate surface area is 143 Å². The number of hydrogen-bond acceptors (Lipinski definition) is 3. The zero-order valence-corrected chi connectivity index (χ0v) is 15.1. The van der Waals surface area contributed by atoms with Crippen LogP contribution in [0, 0.1) is 5.92 Å². The van der Waals surface area contributed by atoms with E-state index in [1.54, 1.807) is 6.08 Å². The van der Waals surface area contributed by atoms with Crippen molar-refractivity contribution in [2.75, 3.05) is 0 Å². The maximum Gasteiger partial charge on any atom is 0.249 e. The van der Waals surface area contributed by atoms with Crippen molar-refractivity contribution in [2.45, 2.75) is 32.7 Å². The van der Waals surface area contributed by atoms with Gasteiger partial charge in [-0.05, 0) is 13.3 Å². The summed E-state index contributed by atoms with van der Waals surface area (Å²) in [5, 5.41) is 4.86. The molecule has 0 aromatic heterocycles. The van der Waals surface area contributed by atoms with Gasteiger partial charge in [-0.25, -0.2) is 0 Å². The topological polar surface area (TPSA) is 75.3 Å². The molecule has 2 aliphatic rings. The van der Waals surface area contributed by atoms with Gasteiger partial charge in [0.25, 0.3) is 0 Å². The largest absolute Gasteiger partial charge is 0.341 e. The molecule has 2 N–H and O–H groups in total. The van der Waals surface area contributed by atoms with E-state index < -0.39 is 11.9 Å². The Morgan fingerprint density at radius 3 is 2.73 bits per heavy atom. The predicted octanol–water partition coefficient (Wildman–Crippen LogP) is 1.10. The van der Waals surface area contributed by atoms with Gasteiger partial charge in [0.15, 0.2) is 0 Å². The van der Waals surface area contributed by atoms with Gasteiger partial charge in [0, 0.05) is 32.4 Å². The molecule has 1 aliphatic heterocycles. The van der Waals surface area contributed by atoms with E-state index in [2.05, 4.69) is 16.4 Å². The van der Waals surface area contributed by atoms with Gasteiger partial charge in [-0.3, -0.25) is 19.7 Å². The van der Waals surface area contributed by atoms with Crippen molar-refractivity contribution >= 4 is 17.7 Å². The summed E-state index contributed by atoms with van der Waals surface area (Å²) in [6.45, 7) is 3.78. The molecule has 1 saturated heterocycles. The Hall–Kier alpha value is -1.86. The summed E-state index contributed by atoms with van der Waals surface area (Å²) in [7, 11) is 0. The van der Waals surface area contributed by atoms with Crippen LogP contribution in [0.3, 0.4) is 0 Å². The Balaban J connectivity index is 0.00000242. The molecule has 0 saturated carbocycles. The number of rotatable bonds is 2. The van der Waals surface area contributed by atoms with E-state index in [0.29, 0.717) is 12.0 Å². The van der Waals surface area contributed by atoms with Crippen molar-refractivity contribution in [3.05, 3.63) is 47.1 Å². The Kier molecular flexibility index (Phi) is 6.58. The first-order valence-electron chi connectivity index (χ1n) is 6.77. The Morgan fingerprint density at radius 1 is 1.36 bits per heavy atom. The standard InChI is InChI=1S/C16H17N2O3.Re/c1-10-3-4-11(2)9-12(6-5-10)15(20)17-13-7-8-14(19)18-16(13)21;/h3-6,13H,7-8H2,1-2H3,(H,17,20)(H,18,19,21);/q-1;/b4-3-,6-5-;. The molecule has 1 fully saturated rings. The van der Waals surface area contributed by atoms with E-state index >= 15 is 0 Å². The number of piperidine rings is 1. The fourth-order valence-electron chi connectivity index (χ4n) is 2.02. The van der Waals surface area contributed by atoms with E-state index in [4.69, 9.17) is 0 Å². The average Bonchev–Trinajstić information content (AvgIpc) is 2.42. The van der Waals surface area contributed by atoms with Gasteiger partial charge in [-0.1, -0.05) is 12.5 Å². The molecule has 0 aromatic rings. The molecule has 2 rings (SSSR count). The van der Waals surface area contributed by atoms with Crippen LogP contribution in [0.25, 0.3) is 0 Å². The summed E-state index contributed by atoms with van der Waals surface area (Å²) < 4.78 is 0. The quantitative estimate of drug-likeness (QED) is 0.360. The van der Waals surface area contributed by atoms with E-state index in [9.17, 15) is 14.4 Å². The number of hydrogen-bond donors (Lipinski definition) is 2. The molecule has 0 bridgehead atoms. The van der Waals surface area contributed by atoms with Gasteiger partial charge in [0.1, 0.15) is 6.04 Å². The minimum absolute atomic E-state index is 0. The van der Waals surface area contributed by atoms with Gasteiger partial charge < -0.3 is 5.32 Å². The van der Waals surface area contributed by atoms with E-state index in [1.165, 1.54) is 0 Å². The summed E-state index contributed by atoms with van der Waals surface area (Å²) in [5.74, 6) is -0.120. The van der Waals surface area contributed by atoms with Crippen LogP contribution >= 0.6 is 0 Å². The molecule has 1 heterocycles. The number of amides is 3. The third-order valence-corrected chi connectivity index (χ3v) is 3.23.